The van der Waals surface area contributed by atoms with Crippen LogP contribution in [0.1, 0.15) is 44.9 Å². The van der Waals surface area contributed by atoms with E-state index in [4.69, 9.17) is 5.11 Å². The van der Waals surface area contributed by atoms with Crippen molar-refractivity contribution < 1.29 is 9.90 Å². The molecule has 2 rings (SSSR count). The summed E-state index contributed by atoms with van der Waals surface area (Å²) >= 11 is 0. The number of carbonyl (C=O) groups is 1. The number of likely N-dealkylation sites (tertiary alicyclic amines) is 1. The maximum absolute atomic E-state index is 10.7. The zero-order valence-corrected chi connectivity index (χ0v) is 13.4. The van der Waals surface area contributed by atoms with Crippen molar-refractivity contribution in [3.8, 4) is 0 Å². The SMILES string of the molecule is CN(CC(=O)O)C1CCN(CC2CCCCC2)CC1.Cl. The molecular formula is C15H29ClN2O2. The average Bonchev–Trinajstić information content (AvgIpc) is 2.40. The highest BCUT2D eigenvalue weighted by molar-refractivity contribution is 5.85. The Labute approximate surface area is 128 Å². The maximum Gasteiger partial charge on any atom is 0.317 e. The molecular weight excluding hydrogens is 276 g/mol. The van der Waals surface area contributed by atoms with Gasteiger partial charge in [-0.15, -0.1) is 12.4 Å². The number of hydrogen-bond donors (Lipinski definition) is 1. The van der Waals surface area contributed by atoms with Crippen molar-refractivity contribution >= 4 is 18.4 Å². The van der Waals surface area contributed by atoms with Gasteiger partial charge in [0.15, 0.2) is 0 Å². The summed E-state index contributed by atoms with van der Waals surface area (Å²) < 4.78 is 0. The number of hydrogen-bond acceptors (Lipinski definition) is 3. The van der Waals surface area contributed by atoms with Crippen LogP contribution in [0, 0.1) is 5.92 Å². The van der Waals surface area contributed by atoms with E-state index in [9.17, 15) is 4.79 Å². The molecule has 4 nitrogen and oxygen atoms in total. The molecule has 0 spiro atoms. The topological polar surface area (TPSA) is 43.8 Å². The molecule has 0 radical (unpaired) electrons. The largest absolute Gasteiger partial charge is 0.480 e. The molecule has 0 aromatic carbocycles. The highest BCUT2D eigenvalue weighted by Crippen LogP contribution is 2.26. The first-order valence-corrected chi connectivity index (χ1v) is 7.79. The van der Waals surface area contributed by atoms with E-state index in [-0.39, 0.29) is 19.0 Å². The molecule has 0 aromatic rings. The Morgan fingerprint density at radius 3 is 2.30 bits per heavy atom. The van der Waals surface area contributed by atoms with E-state index in [2.05, 4.69) is 4.90 Å². The smallest absolute Gasteiger partial charge is 0.317 e. The number of aliphatic carboxylic acids is 1. The first kappa shape index (κ1) is 17.7. The van der Waals surface area contributed by atoms with Gasteiger partial charge in [0.1, 0.15) is 0 Å². The Bertz CT molecular complexity index is 288. The lowest BCUT2D eigenvalue weighted by Gasteiger charge is -2.38. The molecule has 2 aliphatic rings. The molecule has 1 saturated carbocycles. The third-order valence-electron chi connectivity index (χ3n) is 4.81. The van der Waals surface area contributed by atoms with Crippen molar-refractivity contribution in [3.63, 3.8) is 0 Å². The first-order valence-electron chi connectivity index (χ1n) is 7.79. The summed E-state index contributed by atoms with van der Waals surface area (Å²) in [7, 11) is 1.94. The number of carboxylic acid groups (broad SMARTS) is 1. The van der Waals surface area contributed by atoms with Crippen molar-refractivity contribution in [2.24, 2.45) is 5.92 Å². The van der Waals surface area contributed by atoms with Gasteiger partial charge in [-0.05, 0) is 51.7 Å². The number of nitrogens with zero attached hydrogens (tertiary/aromatic N) is 2. The van der Waals surface area contributed by atoms with Crippen molar-refractivity contribution in [1.82, 2.24) is 9.80 Å². The molecule has 0 atom stereocenters. The minimum atomic E-state index is -0.716. The number of rotatable bonds is 5. The molecule has 1 N–H and O–H groups in total. The fourth-order valence-electron chi connectivity index (χ4n) is 3.62. The maximum atomic E-state index is 10.7. The summed E-state index contributed by atoms with van der Waals surface area (Å²) in [5.74, 6) is 0.203. The Balaban J connectivity index is 0.00000200. The highest BCUT2D eigenvalue weighted by atomic mass is 35.5. The van der Waals surface area contributed by atoms with Crippen LogP contribution in [0.3, 0.4) is 0 Å². The molecule has 20 heavy (non-hydrogen) atoms. The van der Waals surface area contributed by atoms with Gasteiger partial charge in [0.05, 0.1) is 6.54 Å². The minimum absolute atomic E-state index is 0. The Kier molecular flexibility index (Phi) is 7.85. The molecule has 0 aromatic heterocycles. The third kappa shape index (κ3) is 5.58. The van der Waals surface area contributed by atoms with Crippen LogP contribution in [-0.4, -0.2) is 60.1 Å². The van der Waals surface area contributed by atoms with E-state index >= 15 is 0 Å². The summed E-state index contributed by atoms with van der Waals surface area (Å²) in [6.45, 7) is 3.74. The van der Waals surface area contributed by atoms with Crippen LogP contribution in [0.4, 0.5) is 0 Å². The predicted molar refractivity (Wildman–Crippen MR) is 83.6 cm³/mol. The lowest BCUT2D eigenvalue weighted by atomic mass is 9.88. The summed E-state index contributed by atoms with van der Waals surface area (Å²) in [6.07, 6.45) is 9.34. The zero-order chi connectivity index (χ0) is 13.7. The highest BCUT2D eigenvalue weighted by Gasteiger charge is 2.25. The van der Waals surface area contributed by atoms with Crippen molar-refractivity contribution in [2.75, 3.05) is 33.2 Å². The molecule has 0 amide bonds. The number of piperidine rings is 1. The molecule has 118 valence electrons. The monoisotopic (exact) mass is 304 g/mol. The number of halogens is 1. The minimum Gasteiger partial charge on any atom is -0.480 e. The van der Waals surface area contributed by atoms with Crippen LogP contribution in [0.15, 0.2) is 0 Å². The van der Waals surface area contributed by atoms with Crippen LogP contribution in [0.2, 0.25) is 0 Å². The van der Waals surface area contributed by atoms with Gasteiger partial charge in [-0.25, -0.2) is 0 Å². The lowest BCUT2D eigenvalue weighted by molar-refractivity contribution is -0.138. The Hall–Kier alpha value is -0.320. The van der Waals surface area contributed by atoms with Crippen LogP contribution in [0.25, 0.3) is 0 Å². The standard InChI is InChI=1S/C15H28N2O2.ClH/c1-16(12-15(18)19)14-7-9-17(10-8-14)11-13-5-3-2-4-6-13;/h13-14H,2-12H2,1H3,(H,18,19);1H. The van der Waals surface area contributed by atoms with E-state index in [1.54, 1.807) is 0 Å². The molecule has 1 aliphatic heterocycles. The Morgan fingerprint density at radius 2 is 1.75 bits per heavy atom. The van der Waals surface area contributed by atoms with Gasteiger partial charge in [-0.3, -0.25) is 9.69 Å². The average molecular weight is 305 g/mol. The van der Waals surface area contributed by atoms with E-state index in [0.717, 1.165) is 31.8 Å². The van der Waals surface area contributed by atoms with E-state index in [1.807, 2.05) is 11.9 Å². The third-order valence-corrected chi connectivity index (χ3v) is 4.81. The number of likely N-dealkylation sites (N-methyl/N-ethyl adjacent to an activating group) is 1. The fourth-order valence-corrected chi connectivity index (χ4v) is 3.62. The molecule has 0 bridgehead atoms. The van der Waals surface area contributed by atoms with Gasteiger partial charge in [0, 0.05) is 12.6 Å². The summed E-state index contributed by atoms with van der Waals surface area (Å²) in [6, 6.07) is 0.457. The van der Waals surface area contributed by atoms with Gasteiger partial charge in [0.25, 0.3) is 0 Å². The Morgan fingerprint density at radius 1 is 1.15 bits per heavy atom. The first-order chi connectivity index (χ1) is 9.15. The van der Waals surface area contributed by atoms with Crippen LogP contribution < -0.4 is 0 Å². The van der Waals surface area contributed by atoms with E-state index in [0.29, 0.717) is 6.04 Å². The van der Waals surface area contributed by atoms with Gasteiger partial charge < -0.3 is 10.0 Å². The summed E-state index contributed by atoms with van der Waals surface area (Å²) in [5, 5.41) is 8.83. The molecule has 2 fully saturated rings. The van der Waals surface area contributed by atoms with Crippen molar-refractivity contribution in [1.29, 1.82) is 0 Å². The molecule has 1 aliphatic carbocycles. The second-order valence-corrected chi connectivity index (χ2v) is 6.34. The van der Waals surface area contributed by atoms with Gasteiger partial charge in [-0.1, -0.05) is 19.3 Å². The van der Waals surface area contributed by atoms with Crippen molar-refractivity contribution in [2.45, 2.75) is 51.0 Å². The molecule has 1 saturated heterocycles. The van der Waals surface area contributed by atoms with Gasteiger partial charge >= 0.3 is 5.97 Å². The van der Waals surface area contributed by atoms with E-state index < -0.39 is 5.97 Å². The predicted octanol–water partition coefficient (Wildman–Crippen LogP) is 2.47. The lowest BCUT2D eigenvalue weighted by Crippen LogP contribution is -2.46. The van der Waals surface area contributed by atoms with Crippen LogP contribution in [0.5, 0.6) is 0 Å². The molecule has 5 heteroatoms. The second-order valence-electron chi connectivity index (χ2n) is 6.34. The summed E-state index contributed by atoms with van der Waals surface area (Å²) in [5.41, 5.74) is 0. The second kappa shape index (κ2) is 8.85. The van der Waals surface area contributed by atoms with Gasteiger partial charge in [0.2, 0.25) is 0 Å². The fraction of sp³-hybridized carbons (Fsp3) is 0.933. The van der Waals surface area contributed by atoms with E-state index in [1.165, 1.54) is 38.6 Å². The van der Waals surface area contributed by atoms with Gasteiger partial charge in [-0.2, -0.15) is 0 Å². The molecule has 0 unspecified atom stereocenters. The quantitative estimate of drug-likeness (QED) is 0.847. The summed E-state index contributed by atoms with van der Waals surface area (Å²) in [4.78, 5) is 15.3. The normalized spacial score (nSPS) is 22.7. The van der Waals surface area contributed by atoms with Crippen LogP contribution in [-0.2, 0) is 4.79 Å². The van der Waals surface area contributed by atoms with Crippen molar-refractivity contribution in [3.05, 3.63) is 0 Å². The zero-order valence-electron chi connectivity index (χ0n) is 12.6. The van der Waals surface area contributed by atoms with Crippen LogP contribution >= 0.6 is 12.4 Å². The number of carboxylic acids is 1. The molecule has 1 heterocycles.